The molecule has 5 heteroatoms. The van der Waals surface area contributed by atoms with E-state index in [1.807, 2.05) is 19.1 Å². The number of halogens is 1. The van der Waals surface area contributed by atoms with Crippen molar-refractivity contribution in [1.82, 2.24) is 4.90 Å². The molecule has 0 radical (unpaired) electrons. The van der Waals surface area contributed by atoms with Gasteiger partial charge in [-0.2, -0.15) is 0 Å². The first kappa shape index (κ1) is 17.3. The second-order valence-electron chi connectivity index (χ2n) is 6.01. The quantitative estimate of drug-likeness (QED) is 0.732. The molecule has 0 bridgehead atoms. The van der Waals surface area contributed by atoms with E-state index in [1.54, 1.807) is 35.2 Å². The lowest BCUT2D eigenvalue weighted by molar-refractivity contribution is -0.134. The number of nitrogens with zero attached hydrogens (tertiary/aromatic N) is 1. The third-order valence-electron chi connectivity index (χ3n) is 4.11. The SMILES string of the molecule is CCOc1ccccc1OCC(=O)N(Cc1ccccc1F)C1CC1. The van der Waals surface area contributed by atoms with Crippen LogP contribution in [0.5, 0.6) is 11.5 Å². The van der Waals surface area contributed by atoms with Gasteiger partial charge in [-0.1, -0.05) is 30.3 Å². The highest BCUT2D eigenvalue weighted by atomic mass is 19.1. The molecule has 2 aromatic carbocycles. The minimum Gasteiger partial charge on any atom is -0.490 e. The molecule has 1 amide bonds. The molecule has 0 spiro atoms. The minimum absolute atomic E-state index is 0.0883. The summed E-state index contributed by atoms with van der Waals surface area (Å²) < 4.78 is 25.1. The van der Waals surface area contributed by atoms with Gasteiger partial charge in [-0.3, -0.25) is 4.79 Å². The van der Waals surface area contributed by atoms with E-state index >= 15 is 0 Å². The lowest BCUT2D eigenvalue weighted by Crippen LogP contribution is -2.36. The van der Waals surface area contributed by atoms with Crippen LogP contribution < -0.4 is 9.47 Å². The molecule has 2 aromatic rings. The third kappa shape index (κ3) is 4.50. The van der Waals surface area contributed by atoms with Gasteiger partial charge in [0.1, 0.15) is 5.82 Å². The van der Waals surface area contributed by atoms with Gasteiger partial charge in [0.25, 0.3) is 5.91 Å². The summed E-state index contributed by atoms with van der Waals surface area (Å²) in [6.45, 7) is 2.60. The van der Waals surface area contributed by atoms with Crippen molar-refractivity contribution in [2.45, 2.75) is 32.4 Å². The smallest absolute Gasteiger partial charge is 0.261 e. The van der Waals surface area contributed by atoms with Crippen LogP contribution in [0.2, 0.25) is 0 Å². The van der Waals surface area contributed by atoms with Crippen molar-refractivity contribution in [3.8, 4) is 11.5 Å². The van der Waals surface area contributed by atoms with E-state index in [0.717, 1.165) is 12.8 Å². The molecule has 1 aliphatic rings. The van der Waals surface area contributed by atoms with E-state index in [9.17, 15) is 9.18 Å². The first-order chi connectivity index (χ1) is 12.2. The van der Waals surface area contributed by atoms with Gasteiger partial charge in [0.2, 0.25) is 0 Å². The summed E-state index contributed by atoms with van der Waals surface area (Å²) in [5.74, 6) is 0.727. The number of carbonyl (C=O) groups excluding carboxylic acids is 1. The average molecular weight is 343 g/mol. The average Bonchev–Trinajstić information content (AvgIpc) is 3.45. The summed E-state index contributed by atoms with van der Waals surface area (Å²) >= 11 is 0. The summed E-state index contributed by atoms with van der Waals surface area (Å²) in [4.78, 5) is 14.3. The normalized spacial score (nSPS) is 13.4. The number of carbonyl (C=O) groups is 1. The number of rotatable bonds is 8. The summed E-state index contributed by atoms with van der Waals surface area (Å²) in [5, 5.41) is 0. The zero-order valence-corrected chi connectivity index (χ0v) is 14.3. The fourth-order valence-electron chi connectivity index (χ4n) is 2.68. The Hall–Kier alpha value is -2.56. The monoisotopic (exact) mass is 343 g/mol. The highest BCUT2D eigenvalue weighted by Gasteiger charge is 2.33. The molecule has 0 unspecified atom stereocenters. The van der Waals surface area contributed by atoms with Crippen molar-refractivity contribution < 1.29 is 18.7 Å². The summed E-state index contributed by atoms with van der Waals surface area (Å²) in [6.07, 6.45) is 1.91. The van der Waals surface area contributed by atoms with Gasteiger partial charge < -0.3 is 14.4 Å². The molecule has 132 valence electrons. The maximum Gasteiger partial charge on any atom is 0.261 e. The molecule has 0 aliphatic heterocycles. The number of amides is 1. The van der Waals surface area contributed by atoms with Crippen molar-refractivity contribution >= 4 is 5.91 Å². The molecule has 1 fully saturated rings. The topological polar surface area (TPSA) is 38.8 Å². The first-order valence-electron chi connectivity index (χ1n) is 8.56. The second-order valence-corrected chi connectivity index (χ2v) is 6.01. The number of benzene rings is 2. The maximum atomic E-state index is 13.9. The van der Waals surface area contributed by atoms with E-state index < -0.39 is 0 Å². The van der Waals surface area contributed by atoms with E-state index in [2.05, 4.69) is 0 Å². The van der Waals surface area contributed by atoms with Crippen LogP contribution in [0.4, 0.5) is 4.39 Å². The number of hydrogen-bond donors (Lipinski definition) is 0. The standard InChI is InChI=1S/C20H22FNO3/c1-2-24-18-9-5-6-10-19(18)25-14-20(23)22(16-11-12-16)13-15-7-3-4-8-17(15)21/h3-10,16H,2,11-14H2,1H3. The zero-order valence-electron chi connectivity index (χ0n) is 14.3. The van der Waals surface area contributed by atoms with Crippen LogP contribution in [0.15, 0.2) is 48.5 Å². The Morgan fingerprint density at radius 3 is 2.36 bits per heavy atom. The van der Waals surface area contributed by atoms with Crippen LogP contribution in [0.3, 0.4) is 0 Å². The third-order valence-corrected chi connectivity index (χ3v) is 4.11. The Bertz CT molecular complexity index is 730. The van der Waals surface area contributed by atoms with Crippen LogP contribution >= 0.6 is 0 Å². The molecule has 1 aliphatic carbocycles. The Kier molecular flexibility index (Phi) is 5.53. The van der Waals surface area contributed by atoms with Crippen molar-refractivity contribution in [2.75, 3.05) is 13.2 Å². The van der Waals surface area contributed by atoms with Gasteiger partial charge in [-0.25, -0.2) is 4.39 Å². The molecular weight excluding hydrogens is 321 g/mol. The molecule has 0 N–H and O–H groups in total. The Morgan fingerprint density at radius 2 is 1.72 bits per heavy atom. The minimum atomic E-state index is -0.288. The van der Waals surface area contributed by atoms with E-state index in [-0.39, 0.29) is 30.9 Å². The van der Waals surface area contributed by atoms with Crippen molar-refractivity contribution in [1.29, 1.82) is 0 Å². The molecule has 0 atom stereocenters. The molecule has 0 aromatic heterocycles. The fourth-order valence-corrected chi connectivity index (χ4v) is 2.68. The van der Waals surface area contributed by atoms with Crippen molar-refractivity contribution in [3.63, 3.8) is 0 Å². The molecule has 0 saturated heterocycles. The van der Waals surface area contributed by atoms with Gasteiger partial charge in [0, 0.05) is 18.2 Å². The summed E-state index contributed by atoms with van der Waals surface area (Å²) in [5.41, 5.74) is 0.525. The molecule has 25 heavy (non-hydrogen) atoms. The van der Waals surface area contributed by atoms with Crippen LogP contribution in [-0.4, -0.2) is 30.1 Å². The largest absolute Gasteiger partial charge is 0.490 e. The highest BCUT2D eigenvalue weighted by molar-refractivity contribution is 5.78. The number of hydrogen-bond acceptors (Lipinski definition) is 3. The van der Waals surface area contributed by atoms with Gasteiger partial charge >= 0.3 is 0 Å². The zero-order chi connectivity index (χ0) is 17.6. The Morgan fingerprint density at radius 1 is 1.08 bits per heavy atom. The molecular formula is C20H22FNO3. The van der Waals surface area contributed by atoms with Crippen molar-refractivity contribution in [2.24, 2.45) is 0 Å². The number of ether oxygens (including phenoxy) is 2. The van der Waals surface area contributed by atoms with Crippen LogP contribution in [-0.2, 0) is 11.3 Å². The van der Waals surface area contributed by atoms with Gasteiger partial charge in [0.15, 0.2) is 18.1 Å². The lowest BCUT2D eigenvalue weighted by atomic mass is 10.2. The molecule has 0 heterocycles. The lowest BCUT2D eigenvalue weighted by Gasteiger charge is -2.23. The van der Waals surface area contributed by atoms with E-state index in [4.69, 9.17) is 9.47 Å². The Balaban J connectivity index is 1.65. The second kappa shape index (κ2) is 8.01. The predicted molar refractivity (Wildman–Crippen MR) is 93.1 cm³/mol. The van der Waals surface area contributed by atoms with E-state index in [0.29, 0.717) is 23.7 Å². The van der Waals surface area contributed by atoms with Gasteiger partial charge in [-0.15, -0.1) is 0 Å². The highest BCUT2D eigenvalue weighted by Crippen LogP contribution is 2.30. The van der Waals surface area contributed by atoms with Crippen LogP contribution in [0.25, 0.3) is 0 Å². The fraction of sp³-hybridized carbons (Fsp3) is 0.350. The maximum absolute atomic E-state index is 13.9. The van der Waals surface area contributed by atoms with E-state index in [1.165, 1.54) is 6.07 Å². The van der Waals surface area contributed by atoms with Crippen molar-refractivity contribution in [3.05, 3.63) is 59.9 Å². The first-order valence-corrected chi connectivity index (χ1v) is 8.56. The molecule has 1 saturated carbocycles. The summed E-state index contributed by atoms with van der Waals surface area (Å²) in [6, 6.07) is 14.0. The number of para-hydroxylation sites is 2. The van der Waals surface area contributed by atoms with Gasteiger partial charge in [0.05, 0.1) is 6.61 Å². The van der Waals surface area contributed by atoms with Gasteiger partial charge in [-0.05, 0) is 38.0 Å². The molecule has 3 rings (SSSR count). The summed E-state index contributed by atoms with van der Waals surface area (Å²) in [7, 11) is 0. The Labute approximate surface area is 147 Å². The molecule has 4 nitrogen and oxygen atoms in total. The van der Waals surface area contributed by atoms with Crippen LogP contribution in [0, 0.1) is 5.82 Å². The van der Waals surface area contributed by atoms with Crippen LogP contribution in [0.1, 0.15) is 25.3 Å². The predicted octanol–water partition coefficient (Wildman–Crippen LogP) is 3.79.